The van der Waals surface area contributed by atoms with Crippen LogP contribution in [-0.2, 0) is 20.9 Å². The van der Waals surface area contributed by atoms with Crippen LogP contribution in [0.2, 0.25) is 0 Å². The van der Waals surface area contributed by atoms with Crippen molar-refractivity contribution in [3.8, 4) is 0 Å². The smallest absolute Gasteiger partial charge is 0.434 e. The van der Waals surface area contributed by atoms with E-state index in [1.54, 1.807) is 7.11 Å². The van der Waals surface area contributed by atoms with Gasteiger partial charge in [0, 0.05) is 7.11 Å². The van der Waals surface area contributed by atoms with Gasteiger partial charge in [0.2, 0.25) is 0 Å². The molecule has 0 saturated carbocycles. The number of benzene rings is 1. The Hall–Kier alpha value is -1.59. The van der Waals surface area contributed by atoms with Gasteiger partial charge in [-0.15, -0.1) is 0 Å². The number of carbonyl (C=O) groups excluding carboxylic acids is 1. The second-order valence-corrected chi connectivity index (χ2v) is 5.33. The fourth-order valence-electron chi connectivity index (χ4n) is 1.46. The van der Waals surface area contributed by atoms with Gasteiger partial charge in [0.05, 0.1) is 19.8 Å². The van der Waals surface area contributed by atoms with E-state index in [0.717, 1.165) is 5.56 Å². The largest absolute Gasteiger partial charge is 0.442 e. The monoisotopic (exact) mass is 281 g/mol. The fraction of sp³-hybridized carbons (Fsp3) is 0.533. The fourth-order valence-corrected chi connectivity index (χ4v) is 1.46. The lowest BCUT2D eigenvalue weighted by atomic mass is 10.2. The Morgan fingerprint density at radius 3 is 2.35 bits per heavy atom. The van der Waals surface area contributed by atoms with Crippen LogP contribution in [0.15, 0.2) is 30.3 Å². The standard InChI is InChI=1S/C15H23NO4/c1-15(2,3)20-14(17)16(19-11-10-18-4)12-13-8-6-5-7-9-13/h5-9H,10-12H2,1-4H3. The van der Waals surface area contributed by atoms with E-state index >= 15 is 0 Å². The molecule has 0 radical (unpaired) electrons. The van der Waals surface area contributed by atoms with Crippen molar-refractivity contribution in [3.63, 3.8) is 0 Å². The predicted molar refractivity (Wildman–Crippen MR) is 76.0 cm³/mol. The highest BCUT2D eigenvalue weighted by Gasteiger charge is 2.23. The third kappa shape index (κ3) is 6.54. The summed E-state index contributed by atoms with van der Waals surface area (Å²) in [5.74, 6) is 0. The van der Waals surface area contributed by atoms with Gasteiger partial charge in [-0.2, -0.15) is 5.06 Å². The lowest BCUT2D eigenvalue weighted by Crippen LogP contribution is -2.37. The zero-order chi connectivity index (χ0) is 15.0. The highest BCUT2D eigenvalue weighted by molar-refractivity contribution is 5.66. The van der Waals surface area contributed by atoms with Crippen molar-refractivity contribution in [1.29, 1.82) is 0 Å². The summed E-state index contributed by atoms with van der Waals surface area (Å²) in [7, 11) is 1.58. The molecule has 112 valence electrons. The molecule has 0 aliphatic carbocycles. The van der Waals surface area contributed by atoms with Crippen molar-refractivity contribution in [3.05, 3.63) is 35.9 Å². The van der Waals surface area contributed by atoms with Crippen LogP contribution in [0.3, 0.4) is 0 Å². The number of methoxy groups -OCH3 is 1. The summed E-state index contributed by atoms with van der Waals surface area (Å²) in [5, 5.41) is 1.22. The van der Waals surface area contributed by atoms with E-state index in [4.69, 9.17) is 14.3 Å². The normalized spacial score (nSPS) is 11.2. The number of hydrogen-bond donors (Lipinski definition) is 0. The van der Waals surface area contributed by atoms with E-state index < -0.39 is 11.7 Å². The van der Waals surface area contributed by atoms with Crippen molar-refractivity contribution in [2.75, 3.05) is 20.3 Å². The van der Waals surface area contributed by atoms with E-state index in [-0.39, 0.29) is 0 Å². The molecule has 0 aliphatic heterocycles. The summed E-state index contributed by atoms with van der Waals surface area (Å²) in [6, 6.07) is 9.61. The topological polar surface area (TPSA) is 48.0 Å². The number of rotatable bonds is 6. The minimum absolute atomic E-state index is 0.294. The van der Waals surface area contributed by atoms with E-state index in [1.165, 1.54) is 5.06 Å². The average Bonchev–Trinajstić information content (AvgIpc) is 2.37. The van der Waals surface area contributed by atoms with Gasteiger partial charge in [-0.05, 0) is 26.3 Å². The molecule has 0 N–H and O–H groups in total. The molecule has 5 nitrogen and oxygen atoms in total. The maximum atomic E-state index is 12.1. The third-order valence-corrected chi connectivity index (χ3v) is 2.30. The summed E-state index contributed by atoms with van der Waals surface area (Å²) in [6.07, 6.45) is -0.502. The Morgan fingerprint density at radius 1 is 1.15 bits per heavy atom. The van der Waals surface area contributed by atoms with Crippen molar-refractivity contribution < 1.29 is 19.1 Å². The molecule has 0 bridgehead atoms. The summed E-state index contributed by atoms with van der Waals surface area (Å²) >= 11 is 0. The Labute approximate surface area is 120 Å². The number of carbonyl (C=O) groups is 1. The van der Waals surface area contributed by atoms with Crippen molar-refractivity contribution in [2.24, 2.45) is 0 Å². The highest BCUT2D eigenvalue weighted by atomic mass is 16.7. The first kappa shape index (κ1) is 16.5. The van der Waals surface area contributed by atoms with Crippen LogP contribution in [-0.4, -0.2) is 37.1 Å². The van der Waals surface area contributed by atoms with Crippen LogP contribution in [0.4, 0.5) is 4.79 Å². The number of hydroxylamine groups is 2. The number of amides is 1. The lowest BCUT2D eigenvalue weighted by Gasteiger charge is -2.26. The van der Waals surface area contributed by atoms with Crippen LogP contribution in [0.1, 0.15) is 26.3 Å². The highest BCUT2D eigenvalue weighted by Crippen LogP contribution is 2.13. The zero-order valence-corrected chi connectivity index (χ0v) is 12.6. The molecule has 0 fully saturated rings. The van der Waals surface area contributed by atoms with Crippen LogP contribution in [0, 0.1) is 0 Å². The molecule has 20 heavy (non-hydrogen) atoms. The summed E-state index contributed by atoms with van der Waals surface area (Å²) < 4.78 is 10.2. The van der Waals surface area contributed by atoms with Gasteiger partial charge in [-0.3, -0.25) is 4.84 Å². The van der Waals surface area contributed by atoms with Gasteiger partial charge in [-0.1, -0.05) is 30.3 Å². The second kappa shape index (κ2) is 7.87. The first-order valence-electron chi connectivity index (χ1n) is 6.58. The summed E-state index contributed by atoms with van der Waals surface area (Å²) in [5.41, 5.74) is 0.409. The maximum absolute atomic E-state index is 12.1. The Balaban J connectivity index is 2.66. The Bertz CT molecular complexity index is 400. The molecule has 1 rings (SSSR count). The molecule has 1 aromatic carbocycles. The van der Waals surface area contributed by atoms with Crippen LogP contribution in [0.5, 0.6) is 0 Å². The average molecular weight is 281 g/mol. The first-order chi connectivity index (χ1) is 9.42. The molecular formula is C15H23NO4. The minimum atomic E-state index is -0.559. The second-order valence-electron chi connectivity index (χ2n) is 5.33. The van der Waals surface area contributed by atoms with Gasteiger partial charge in [-0.25, -0.2) is 4.79 Å². The van der Waals surface area contributed by atoms with E-state index in [1.807, 2.05) is 51.1 Å². The summed E-state index contributed by atoms with van der Waals surface area (Å²) in [4.78, 5) is 17.5. The molecule has 0 aliphatic rings. The van der Waals surface area contributed by atoms with Crippen molar-refractivity contribution in [1.82, 2.24) is 5.06 Å². The molecule has 0 spiro atoms. The molecule has 1 amide bonds. The molecule has 1 aromatic rings. The van der Waals surface area contributed by atoms with Gasteiger partial charge in [0.25, 0.3) is 0 Å². The predicted octanol–water partition coefficient (Wildman–Crippen LogP) is 3.00. The van der Waals surface area contributed by atoms with Gasteiger partial charge < -0.3 is 9.47 Å². The van der Waals surface area contributed by atoms with Crippen molar-refractivity contribution >= 4 is 6.09 Å². The molecule has 0 aromatic heterocycles. The number of nitrogens with zero attached hydrogens (tertiary/aromatic N) is 1. The van der Waals surface area contributed by atoms with Crippen LogP contribution < -0.4 is 0 Å². The molecule has 5 heteroatoms. The molecule has 0 atom stereocenters. The van der Waals surface area contributed by atoms with E-state index in [2.05, 4.69) is 0 Å². The number of ether oxygens (including phenoxy) is 2. The van der Waals surface area contributed by atoms with E-state index in [0.29, 0.717) is 19.8 Å². The van der Waals surface area contributed by atoms with Crippen LogP contribution >= 0.6 is 0 Å². The molecule has 0 saturated heterocycles. The molecule has 0 heterocycles. The number of hydrogen-bond acceptors (Lipinski definition) is 4. The Kier molecular flexibility index (Phi) is 6.48. The Morgan fingerprint density at radius 2 is 1.80 bits per heavy atom. The lowest BCUT2D eigenvalue weighted by molar-refractivity contribution is -0.160. The minimum Gasteiger partial charge on any atom is -0.442 e. The maximum Gasteiger partial charge on any atom is 0.434 e. The first-order valence-corrected chi connectivity index (χ1v) is 6.58. The molecular weight excluding hydrogens is 258 g/mol. The van der Waals surface area contributed by atoms with Crippen LogP contribution in [0.25, 0.3) is 0 Å². The molecule has 0 unspecified atom stereocenters. The van der Waals surface area contributed by atoms with E-state index in [9.17, 15) is 4.79 Å². The zero-order valence-electron chi connectivity index (χ0n) is 12.6. The quantitative estimate of drug-likeness (QED) is 0.594. The van der Waals surface area contributed by atoms with Crippen molar-refractivity contribution in [2.45, 2.75) is 32.9 Å². The van der Waals surface area contributed by atoms with Gasteiger partial charge in [0.15, 0.2) is 0 Å². The SMILES string of the molecule is COCCON(Cc1ccccc1)C(=O)OC(C)(C)C. The van der Waals surface area contributed by atoms with Gasteiger partial charge >= 0.3 is 6.09 Å². The van der Waals surface area contributed by atoms with Gasteiger partial charge in [0.1, 0.15) is 5.60 Å². The summed E-state index contributed by atoms with van der Waals surface area (Å²) in [6.45, 7) is 6.50. The third-order valence-electron chi connectivity index (χ3n) is 2.30.